The average molecular weight is 548 g/mol. The van der Waals surface area contributed by atoms with E-state index in [0.29, 0.717) is 16.4 Å². The molecule has 0 spiro atoms. The smallest absolute Gasteiger partial charge is 0.306 e. The quantitative estimate of drug-likeness (QED) is 0.314. The highest BCUT2D eigenvalue weighted by atomic mass is 79.9. The molecule has 0 unspecified atom stereocenters. The van der Waals surface area contributed by atoms with Gasteiger partial charge in [0.05, 0.1) is 6.42 Å². The number of nitrogens with one attached hydrogen (secondary N) is 2. The summed E-state index contributed by atoms with van der Waals surface area (Å²) in [6.07, 6.45) is -0.170. The molecule has 0 bridgehead atoms. The lowest BCUT2D eigenvalue weighted by Gasteiger charge is -2.08. The summed E-state index contributed by atoms with van der Waals surface area (Å²) < 4.78 is 5.82. The van der Waals surface area contributed by atoms with Gasteiger partial charge in [-0.2, -0.15) is 0 Å². The molecule has 2 amide bonds. The number of esters is 1. The molecule has 0 aliphatic heterocycles. The third-order valence-electron chi connectivity index (χ3n) is 4.24. The predicted molar refractivity (Wildman–Crippen MR) is 134 cm³/mol. The Morgan fingerprint density at radius 3 is 1.88 bits per heavy atom. The van der Waals surface area contributed by atoms with Crippen molar-refractivity contribution in [1.82, 2.24) is 0 Å². The first kappa shape index (κ1) is 24.8. The molecule has 0 aliphatic rings. The molecule has 3 aromatic carbocycles. The summed E-state index contributed by atoms with van der Waals surface area (Å²) in [6.45, 7) is -0.413. The molecule has 2 N–H and O–H groups in total. The van der Waals surface area contributed by atoms with Crippen LogP contribution in [0.5, 0.6) is 0 Å². The van der Waals surface area contributed by atoms with Crippen molar-refractivity contribution in [2.75, 3.05) is 17.2 Å². The first-order chi connectivity index (χ1) is 15.9. The Hall–Kier alpha value is -2.81. The summed E-state index contributed by atoms with van der Waals surface area (Å²) >= 11 is 10.8. The van der Waals surface area contributed by atoms with Gasteiger partial charge in [0.2, 0.25) is 5.91 Å². The third kappa shape index (κ3) is 8.92. The Balaban J connectivity index is 1.36. The van der Waals surface area contributed by atoms with Crippen LogP contribution in [0.4, 0.5) is 11.4 Å². The fraction of sp³-hybridized carbons (Fsp3) is 0.125. The fourth-order valence-corrected chi connectivity index (χ4v) is 3.84. The van der Waals surface area contributed by atoms with Gasteiger partial charge in [0, 0.05) is 37.1 Å². The molecule has 0 saturated heterocycles. The predicted octanol–water partition coefficient (Wildman–Crippen LogP) is 6.15. The number of rotatable bonds is 9. The maximum atomic E-state index is 12.1. The molecule has 3 aromatic rings. The van der Waals surface area contributed by atoms with Crippen molar-refractivity contribution in [2.24, 2.45) is 0 Å². The van der Waals surface area contributed by atoms with Crippen molar-refractivity contribution in [2.45, 2.75) is 22.6 Å². The third-order valence-corrected chi connectivity index (χ3v) is 6.03. The molecule has 0 heterocycles. The molecule has 0 saturated carbocycles. The molecular formula is C24H20BrClN2O4S. The van der Waals surface area contributed by atoms with Crippen molar-refractivity contribution in [1.29, 1.82) is 0 Å². The van der Waals surface area contributed by atoms with Gasteiger partial charge in [-0.1, -0.05) is 39.3 Å². The number of halogens is 2. The van der Waals surface area contributed by atoms with E-state index in [0.717, 1.165) is 14.3 Å². The van der Waals surface area contributed by atoms with E-state index in [-0.39, 0.29) is 18.7 Å². The summed E-state index contributed by atoms with van der Waals surface area (Å²) in [7, 11) is 0. The highest BCUT2D eigenvalue weighted by Crippen LogP contribution is 2.29. The van der Waals surface area contributed by atoms with Crippen molar-refractivity contribution >= 4 is 68.5 Å². The van der Waals surface area contributed by atoms with Gasteiger partial charge in [0.1, 0.15) is 0 Å². The molecule has 9 heteroatoms. The molecule has 3 rings (SSSR count). The Morgan fingerprint density at radius 2 is 1.27 bits per heavy atom. The average Bonchev–Trinajstić information content (AvgIpc) is 2.80. The van der Waals surface area contributed by atoms with Crippen LogP contribution in [-0.2, 0) is 19.1 Å². The van der Waals surface area contributed by atoms with Crippen molar-refractivity contribution in [3.8, 4) is 0 Å². The normalized spacial score (nSPS) is 10.4. The number of anilines is 2. The number of hydrogen-bond acceptors (Lipinski definition) is 5. The lowest BCUT2D eigenvalue weighted by atomic mass is 10.2. The van der Waals surface area contributed by atoms with Crippen LogP contribution in [-0.4, -0.2) is 24.4 Å². The highest BCUT2D eigenvalue weighted by molar-refractivity contribution is 9.10. The van der Waals surface area contributed by atoms with Crippen molar-refractivity contribution < 1.29 is 19.1 Å². The van der Waals surface area contributed by atoms with Crippen LogP contribution in [0.25, 0.3) is 0 Å². The van der Waals surface area contributed by atoms with E-state index in [2.05, 4.69) is 26.6 Å². The number of hydrogen-bond donors (Lipinski definition) is 2. The van der Waals surface area contributed by atoms with Gasteiger partial charge in [0.25, 0.3) is 5.91 Å². The van der Waals surface area contributed by atoms with Crippen LogP contribution in [0, 0.1) is 0 Å². The van der Waals surface area contributed by atoms with Crippen LogP contribution in [0.2, 0.25) is 5.02 Å². The Labute approximate surface area is 209 Å². The molecule has 0 fully saturated rings. The Bertz CT molecular complexity index is 1110. The number of ether oxygens (including phenoxy) is 1. The van der Waals surface area contributed by atoms with Gasteiger partial charge < -0.3 is 15.4 Å². The minimum Gasteiger partial charge on any atom is -0.456 e. The number of amides is 2. The second kappa shape index (κ2) is 12.4. The Kier molecular flexibility index (Phi) is 9.35. The monoisotopic (exact) mass is 546 g/mol. The SMILES string of the molecule is O=C(CCC(=O)OCC(=O)Nc1ccc(Br)cc1)Nc1ccc(Sc2ccc(Cl)cc2)cc1. The van der Waals surface area contributed by atoms with Gasteiger partial charge in [-0.3, -0.25) is 14.4 Å². The second-order valence-electron chi connectivity index (χ2n) is 6.84. The van der Waals surface area contributed by atoms with E-state index >= 15 is 0 Å². The number of benzene rings is 3. The topological polar surface area (TPSA) is 84.5 Å². The molecule has 0 radical (unpaired) electrons. The molecule has 33 heavy (non-hydrogen) atoms. The van der Waals surface area contributed by atoms with Crippen molar-refractivity contribution in [3.05, 3.63) is 82.3 Å². The van der Waals surface area contributed by atoms with Gasteiger partial charge >= 0.3 is 5.97 Å². The lowest BCUT2D eigenvalue weighted by molar-refractivity contribution is -0.147. The molecule has 0 aromatic heterocycles. The van der Waals surface area contributed by atoms with Crippen LogP contribution in [0.3, 0.4) is 0 Å². The van der Waals surface area contributed by atoms with Gasteiger partial charge in [-0.05, 0) is 72.8 Å². The second-order valence-corrected chi connectivity index (χ2v) is 9.34. The van der Waals surface area contributed by atoms with E-state index in [4.69, 9.17) is 16.3 Å². The highest BCUT2D eigenvalue weighted by Gasteiger charge is 2.11. The Morgan fingerprint density at radius 1 is 0.758 bits per heavy atom. The molecular weight excluding hydrogens is 528 g/mol. The first-order valence-corrected chi connectivity index (χ1v) is 11.9. The maximum absolute atomic E-state index is 12.1. The zero-order valence-electron chi connectivity index (χ0n) is 17.3. The zero-order valence-corrected chi connectivity index (χ0v) is 20.5. The summed E-state index contributed by atoms with van der Waals surface area (Å²) in [4.78, 5) is 37.9. The summed E-state index contributed by atoms with van der Waals surface area (Å²) in [5.41, 5.74) is 1.22. The summed E-state index contributed by atoms with van der Waals surface area (Å²) in [6, 6.07) is 21.9. The number of carbonyl (C=O) groups excluding carboxylic acids is 3. The van der Waals surface area contributed by atoms with E-state index < -0.39 is 18.5 Å². The lowest BCUT2D eigenvalue weighted by Crippen LogP contribution is -2.21. The van der Waals surface area contributed by atoms with Gasteiger partial charge in [-0.25, -0.2) is 0 Å². The van der Waals surface area contributed by atoms with Crippen molar-refractivity contribution in [3.63, 3.8) is 0 Å². The summed E-state index contributed by atoms with van der Waals surface area (Å²) in [5, 5.41) is 6.05. The zero-order chi connectivity index (χ0) is 23.6. The van der Waals surface area contributed by atoms with Crippen LogP contribution in [0.15, 0.2) is 87.1 Å². The largest absolute Gasteiger partial charge is 0.456 e. The van der Waals surface area contributed by atoms with E-state index in [1.807, 2.05) is 36.4 Å². The number of carbonyl (C=O) groups is 3. The summed E-state index contributed by atoms with van der Waals surface area (Å²) in [5.74, 6) is -1.39. The standard InChI is InChI=1S/C24H20BrClN2O4S/c25-16-1-5-18(6-2-16)28-23(30)15-32-24(31)14-13-22(29)27-19-7-11-21(12-8-19)33-20-9-3-17(26)4-10-20/h1-12H,13-15H2,(H,27,29)(H,28,30). The minimum absolute atomic E-state index is 0.0472. The molecule has 0 aliphatic carbocycles. The minimum atomic E-state index is -0.620. The van der Waals surface area contributed by atoms with Crippen LogP contribution >= 0.6 is 39.3 Å². The fourth-order valence-electron chi connectivity index (χ4n) is 2.63. The van der Waals surface area contributed by atoms with E-state index in [1.54, 1.807) is 48.2 Å². The molecule has 6 nitrogen and oxygen atoms in total. The van der Waals surface area contributed by atoms with Crippen LogP contribution in [0.1, 0.15) is 12.8 Å². The molecule has 170 valence electrons. The van der Waals surface area contributed by atoms with E-state index in [1.165, 1.54) is 0 Å². The molecule has 0 atom stereocenters. The van der Waals surface area contributed by atoms with E-state index in [9.17, 15) is 14.4 Å². The maximum Gasteiger partial charge on any atom is 0.306 e. The van der Waals surface area contributed by atoms with Gasteiger partial charge in [-0.15, -0.1) is 0 Å². The van der Waals surface area contributed by atoms with Crippen LogP contribution < -0.4 is 10.6 Å². The first-order valence-electron chi connectivity index (χ1n) is 9.92. The van der Waals surface area contributed by atoms with Gasteiger partial charge in [0.15, 0.2) is 6.61 Å².